The maximum absolute atomic E-state index is 2.27. The Morgan fingerprint density at radius 3 is 1.70 bits per heavy atom. The molecule has 128 valence electrons. The predicted octanol–water partition coefficient (Wildman–Crippen LogP) is 7.64. The molecule has 0 radical (unpaired) electrons. The maximum Gasteiger partial charge on any atom is -0.00179 e. The fourth-order valence-corrected chi connectivity index (χ4v) is 4.11. The quantitative estimate of drug-likeness (QED) is 0.309. The minimum Gasteiger partial charge on any atom is -0.0622 e. The molecule has 0 nitrogen and oxygen atoms in total. The summed E-state index contributed by atoms with van der Waals surface area (Å²) in [6.07, 6.45) is 0. The molecule has 0 saturated heterocycles. The Morgan fingerprint density at radius 1 is 0.444 bits per heavy atom. The first-order valence-corrected chi connectivity index (χ1v) is 9.39. The molecule has 5 rings (SSSR count). The summed E-state index contributed by atoms with van der Waals surface area (Å²) in [5.74, 6) is 0. The highest BCUT2D eigenvalue weighted by Gasteiger charge is 2.16. The minimum atomic E-state index is 1.26. The van der Waals surface area contributed by atoms with Gasteiger partial charge in [-0.05, 0) is 56.3 Å². The molecule has 0 amide bonds. The Bertz CT molecular complexity index is 1260. The van der Waals surface area contributed by atoms with Gasteiger partial charge in [0.05, 0.1) is 0 Å². The number of benzene rings is 5. The van der Waals surface area contributed by atoms with Crippen LogP contribution in [0.15, 0.2) is 103 Å². The molecule has 0 aliphatic rings. The van der Waals surface area contributed by atoms with Gasteiger partial charge in [-0.1, -0.05) is 103 Å². The first kappa shape index (κ1) is 15.8. The molecule has 0 heterocycles. The normalized spacial score (nSPS) is 11.1. The van der Waals surface area contributed by atoms with Gasteiger partial charge in [0, 0.05) is 0 Å². The van der Waals surface area contributed by atoms with Crippen LogP contribution in [0, 0.1) is 6.92 Å². The molecule has 27 heavy (non-hydrogen) atoms. The Labute approximate surface area is 159 Å². The summed E-state index contributed by atoms with van der Waals surface area (Å²) in [7, 11) is 0. The smallest absolute Gasteiger partial charge is 0.00179 e. The van der Waals surface area contributed by atoms with Crippen molar-refractivity contribution < 1.29 is 0 Å². The lowest BCUT2D eigenvalue weighted by atomic mass is 9.85. The topological polar surface area (TPSA) is 0 Å². The molecule has 5 aromatic rings. The molecule has 0 unspecified atom stereocenters. The van der Waals surface area contributed by atoms with Crippen molar-refractivity contribution in [1.29, 1.82) is 0 Å². The standard InChI is InChI=1S/C27H20/c1-19-15-16-21-11-5-7-13-23(21)26(19)27-24-14-8-6-12-22(24)17-18-25(27)20-9-3-2-4-10-20/h2-18H,1H3. The Balaban J connectivity index is 1.98. The van der Waals surface area contributed by atoms with Gasteiger partial charge in [0.15, 0.2) is 0 Å². The lowest BCUT2D eigenvalue weighted by molar-refractivity contribution is 1.49. The molecular weight excluding hydrogens is 324 g/mol. The summed E-state index contributed by atoms with van der Waals surface area (Å²) in [5.41, 5.74) is 6.51. The van der Waals surface area contributed by atoms with Gasteiger partial charge in [-0.3, -0.25) is 0 Å². The zero-order chi connectivity index (χ0) is 18.2. The van der Waals surface area contributed by atoms with Crippen LogP contribution >= 0.6 is 0 Å². The molecule has 0 atom stereocenters. The molecule has 0 fully saturated rings. The van der Waals surface area contributed by atoms with Crippen LogP contribution < -0.4 is 0 Å². The lowest BCUT2D eigenvalue weighted by Crippen LogP contribution is -1.92. The van der Waals surface area contributed by atoms with Crippen LogP contribution in [0.1, 0.15) is 5.56 Å². The Kier molecular flexibility index (Phi) is 3.76. The van der Waals surface area contributed by atoms with Gasteiger partial charge in [-0.15, -0.1) is 0 Å². The molecule has 0 spiro atoms. The highest BCUT2D eigenvalue weighted by atomic mass is 14.2. The SMILES string of the molecule is Cc1ccc2ccccc2c1-c1c(-c2ccccc2)ccc2ccccc12. The average Bonchev–Trinajstić information content (AvgIpc) is 2.74. The van der Waals surface area contributed by atoms with Crippen LogP contribution in [0.3, 0.4) is 0 Å². The van der Waals surface area contributed by atoms with E-state index in [-0.39, 0.29) is 0 Å². The van der Waals surface area contributed by atoms with Crippen molar-refractivity contribution in [3.05, 3.63) is 109 Å². The number of rotatable bonds is 2. The van der Waals surface area contributed by atoms with Gasteiger partial charge in [0.2, 0.25) is 0 Å². The third kappa shape index (κ3) is 2.62. The zero-order valence-corrected chi connectivity index (χ0v) is 15.3. The first-order valence-electron chi connectivity index (χ1n) is 9.39. The monoisotopic (exact) mass is 344 g/mol. The highest BCUT2D eigenvalue weighted by molar-refractivity contribution is 6.11. The third-order valence-corrected chi connectivity index (χ3v) is 5.40. The van der Waals surface area contributed by atoms with E-state index in [1.54, 1.807) is 0 Å². The van der Waals surface area contributed by atoms with Crippen molar-refractivity contribution in [2.75, 3.05) is 0 Å². The predicted molar refractivity (Wildman–Crippen MR) is 117 cm³/mol. The second-order valence-electron chi connectivity index (χ2n) is 7.05. The molecule has 0 bridgehead atoms. The number of hydrogen-bond acceptors (Lipinski definition) is 0. The van der Waals surface area contributed by atoms with Gasteiger partial charge in [-0.25, -0.2) is 0 Å². The maximum atomic E-state index is 2.27. The van der Waals surface area contributed by atoms with E-state index in [1.165, 1.54) is 49.4 Å². The Morgan fingerprint density at radius 2 is 1.00 bits per heavy atom. The molecule has 0 saturated carbocycles. The van der Waals surface area contributed by atoms with Crippen molar-refractivity contribution in [2.45, 2.75) is 6.92 Å². The average molecular weight is 344 g/mol. The largest absolute Gasteiger partial charge is 0.0622 e. The highest BCUT2D eigenvalue weighted by Crippen LogP contribution is 2.42. The van der Waals surface area contributed by atoms with Crippen molar-refractivity contribution in [3.63, 3.8) is 0 Å². The summed E-state index contributed by atoms with van der Waals surface area (Å²) in [6.45, 7) is 2.22. The number of fused-ring (bicyclic) bond motifs is 2. The van der Waals surface area contributed by atoms with E-state index in [9.17, 15) is 0 Å². The fourth-order valence-electron chi connectivity index (χ4n) is 4.11. The third-order valence-electron chi connectivity index (χ3n) is 5.40. The molecule has 0 heteroatoms. The number of aryl methyl sites for hydroxylation is 1. The van der Waals surface area contributed by atoms with Crippen LogP contribution in [0.4, 0.5) is 0 Å². The number of hydrogen-bond donors (Lipinski definition) is 0. The minimum absolute atomic E-state index is 1.26. The lowest BCUT2D eigenvalue weighted by Gasteiger charge is -2.18. The van der Waals surface area contributed by atoms with E-state index in [1.807, 2.05) is 0 Å². The van der Waals surface area contributed by atoms with Crippen LogP contribution in [0.5, 0.6) is 0 Å². The van der Waals surface area contributed by atoms with E-state index in [4.69, 9.17) is 0 Å². The molecule has 0 N–H and O–H groups in total. The van der Waals surface area contributed by atoms with E-state index in [0.717, 1.165) is 0 Å². The van der Waals surface area contributed by atoms with Crippen LogP contribution in [0.2, 0.25) is 0 Å². The van der Waals surface area contributed by atoms with Crippen LogP contribution in [0.25, 0.3) is 43.8 Å². The summed E-state index contributed by atoms with van der Waals surface area (Å²) in [4.78, 5) is 0. The molecule has 0 aliphatic carbocycles. The summed E-state index contributed by atoms with van der Waals surface area (Å²) < 4.78 is 0. The van der Waals surface area contributed by atoms with Gasteiger partial charge in [0.25, 0.3) is 0 Å². The van der Waals surface area contributed by atoms with E-state index in [2.05, 4.69) is 110 Å². The van der Waals surface area contributed by atoms with Crippen molar-refractivity contribution >= 4 is 21.5 Å². The van der Waals surface area contributed by atoms with Gasteiger partial charge in [0.1, 0.15) is 0 Å². The van der Waals surface area contributed by atoms with Gasteiger partial charge >= 0.3 is 0 Å². The fraction of sp³-hybridized carbons (Fsp3) is 0.0370. The van der Waals surface area contributed by atoms with Crippen LogP contribution in [-0.4, -0.2) is 0 Å². The Hall–Kier alpha value is -3.38. The van der Waals surface area contributed by atoms with Crippen molar-refractivity contribution in [2.24, 2.45) is 0 Å². The molecule has 0 aromatic heterocycles. The van der Waals surface area contributed by atoms with Crippen LogP contribution in [-0.2, 0) is 0 Å². The van der Waals surface area contributed by atoms with Crippen molar-refractivity contribution in [1.82, 2.24) is 0 Å². The molecule has 0 aliphatic heterocycles. The molecule has 5 aromatic carbocycles. The zero-order valence-electron chi connectivity index (χ0n) is 15.3. The van der Waals surface area contributed by atoms with Crippen molar-refractivity contribution in [3.8, 4) is 22.3 Å². The summed E-state index contributed by atoms with van der Waals surface area (Å²) in [6, 6.07) is 37.1. The van der Waals surface area contributed by atoms with E-state index < -0.39 is 0 Å². The van der Waals surface area contributed by atoms with Gasteiger partial charge in [-0.2, -0.15) is 0 Å². The van der Waals surface area contributed by atoms with E-state index in [0.29, 0.717) is 0 Å². The summed E-state index contributed by atoms with van der Waals surface area (Å²) in [5, 5.41) is 5.17. The first-order chi connectivity index (χ1) is 13.3. The van der Waals surface area contributed by atoms with E-state index >= 15 is 0 Å². The second-order valence-corrected chi connectivity index (χ2v) is 7.05. The molecular formula is C27H20. The second kappa shape index (κ2) is 6.41. The van der Waals surface area contributed by atoms with Gasteiger partial charge < -0.3 is 0 Å². The summed E-state index contributed by atoms with van der Waals surface area (Å²) >= 11 is 0.